The highest BCUT2D eigenvalue weighted by molar-refractivity contribution is 9.10. The molecular formula is C14H21BrN2. The normalized spacial score (nSPS) is 18.2. The summed E-state index contributed by atoms with van der Waals surface area (Å²) in [5.41, 5.74) is 1.20. The quantitative estimate of drug-likeness (QED) is 0.913. The van der Waals surface area contributed by atoms with Crippen LogP contribution in [0.25, 0.3) is 0 Å². The lowest BCUT2D eigenvalue weighted by Gasteiger charge is -2.30. The van der Waals surface area contributed by atoms with Gasteiger partial charge in [0.2, 0.25) is 0 Å². The fraction of sp³-hybridized carbons (Fsp3) is 0.571. The van der Waals surface area contributed by atoms with Crippen molar-refractivity contribution in [2.75, 3.05) is 31.5 Å². The molecule has 1 aliphatic heterocycles. The second-order valence-corrected chi connectivity index (χ2v) is 5.88. The van der Waals surface area contributed by atoms with Crippen molar-refractivity contribution in [3.8, 4) is 0 Å². The molecule has 1 aromatic rings. The highest BCUT2D eigenvalue weighted by atomic mass is 79.9. The number of likely N-dealkylation sites (tertiary alicyclic amines) is 1. The van der Waals surface area contributed by atoms with Crippen LogP contribution in [0.15, 0.2) is 28.7 Å². The van der Waals surface area contributed by atoms with Gasteiger partial charge in [-0.2, -0.15) is 0 Å². The van der Waals surface area contributed by atoms with Crippen molar-refractivity contribution in [1.29, 1.82) is 0 Å². The summed E-state index contributed by atoms with van der Waals surface area (Å²) in [5, 5.41) is 3.47. The molecule has 0 aliphatic carbocycles. The molecule has 1 heterocycles. The first-order chi connectivity index (χ1) is 8.24. The zero-order valence-corrected chi connectivity index (χ0v) is 12.0. The fourth-order valence-corrected chi connectivity index (χ4v) is 2.64. The van der Waals surface area contributed by atoms with Gasteiger partial charge in [-0.25, -0.2) is 0 Å². The maximum atomic E-state index is 3.49. The van der Waals surface area contributed by atoms with Crippen LogP contribution >= 0.6 is 15.9 Å². The number of rotatable bonds is 4. The summed E-state index contributed by atoms with van der Waals surface area (Å²) in [5.74, 6) is 0.921. The molecule has 2 nitrogen and oxygen atoms in total. The molecular weight excluding hydrogens is 276 g/mol. The minimum atomic E-state index is 0.921. The van der Waals surface area contributed by atoms with Crippen LogP contribution < -0.4 is 5.32 Å². The Labute approximate surface area is 113 Å². The average Bonchev–Trinajstić information content (AvgIpc) is 2.32. The van der Waals surface area contributed by atoms with E-state index >= 15 is 0 Å². The van der Waals surface area contributed by atoms with Crippen molar-refractivity contribution in [1.82, 2.24) is 4.90 Å². The molecule has 0 atom stereocenters. The summed E-state index contributed by atoms with van der Waals surface area (Å²) in [7, 11) is 0. The smallest absolute Gasteiger partial charge is 0.0351 e. The van der Waals surface area contributed by atoms with Crippen molar-refractivity contribution < 1.29 is 0 Å². The minimum Gasteiger partial charge on any atom is -0.384 e. The summed E-state index contributed by atoms with van der Waals surface area (Å²) in [4.78, 5) is 2.56. The molecule has 0 amide bonds. The Hall–Kier alpha value is -0.540. The second kappa shape index (κ2) is 6.41. The summed E-state index contributed by atoms with van der Waals surface area (Å²) in [6, 6.07) is 8.35. The molecule has 0 spiro atoms. The third-order valence-electron chi connectivity index (χ3n) is 3.46. The molecule has 94 valence electrons. The van der Waals surface area contributed by atoms with Crippen molar-refractivity contribution in [2.45, 2.75) is 19.8 Å². The van der Waals surface area contributed by atoms with Crippen LogP contribution in [0.1, 0.15) is 19.8 Å². The van der Waals surface area contributed by atoms with Gasteiger partial charge in [0.05, 0.1) is 0 Å². The van der Waals surface area contributed by atoms with E-state index in [-0.39, 0.29) is 0 Å². The van der Waals surface area contributed by atoms with Gasteiger partial charge >= 0.3 is 0 Å². The van der Waals surface area contributed by atoms with Crippen molar-refractivity contribution in [3.63, 3.8) is 0 Å². The van der Waals surface area contributed by atoms with Crippen LogP contribution in [0.3, 0.4) is 0 Å². The highest BCUT2D eigenvalue weighted by Gasteiger charge is 2.14. The molecule has 1 aliphatic rings. The number of nitrogens with zero attached hydrogens (tertiary/aromatic N) is 1. The van der Waals surface area contributed by atoms with Crippen LogP contribution in [-0.2, 0) is 0 Å². The number of piperidine rings is 1. The fourth-order valence-electron chi connectivity index (χ4n) is 2.24. The second-order valence-electron chi connectivity index (χ2n) is 4.96. The molecule has 0 bridgehead atoms. The van der Waals surface area contributed by atoms with E-state index < -0.39 is 0 Å². The van der Waals surface area contributed by atoms with Crippen molar-refractivity contribution in [3.05, 3.63) is 28.7 Å². The van der Waals surface area contributed by atoms with E-state index in [2.05, 4.69) is 57.3 Å². The first kappa shape index (κ1) is 12.9. The third kappa shape index (κ3) is 4.32. The standard InChI is InChI=1S/C14H21BrN2/c1-12-5-8-17(9-6-12)10-7-16-14-4-2-3-13(15)11-14/h2-4,11-12,16H,5-10H2,1H3. The lowest BCUT2D eigenvalue weighted by Crippen LogP contribution is -2.36. The van der Waals surface area contributed by atoms with E-state index in [1.54, 1.807) is 0 Å². The average molecular weight is 297 g/mol. The summed E-state index contributed by atoms with van der Waals surface area (Å²) in [6.45, 7) is 7.07. The Balaban J connectivity index is 1.69. The largest absolute Gasteiger partial charge is 0.384 e. The van der Waals surface area contributed by atoms with Crippen LogP contribution in [-0.4, -0.2) is 31.1 Å². The summed E-state index contributed by atoms with van der Waals surface area (Å²) < 4.78 is 1.13. The maximum Gasteiger partial charge on any atom is 0.0351 e. The Morgan fingerprint density at radius 1 is 1.35 bits per heavy atom. The van der Waals surface area contributed by atoms with E-state index in [1.807, 2.05) is 0 Å². The van der Waals surface area contributed by atoms with Gasteiger partial charge in [0.25, 0.3) is 0 Å². The molecule has 3 heteroatoms. The van der Waals surface area contributed by atoms with Crippen LogP contribution in [0.5, 0.6) is 0 Å². The Bertz CT molecular complexity index is 346. The van der Waals surface area contributed by atoms with Gasteiger partial charge in [0, 0.05) is 23.2 Å². The monoisotopic (exact) mass is 296 g/mol. The Morgan fingerprint density at radius 2 is 2.12 bits per heavy atom. The first-order valence-electron chi connectivity index (χ1n) is 6.46. The molecule has 1 fully saturated rings. The molecule has 1 aromatic carbocycles. The first-order valence-corrected chi connectivity index (χ1v) is 7.25. The highest BCUT2D eigenvalue weighted by Crippen LogP contribution is 2.17. The van der Waals surface area contributed by atoms with Gasteiger partial charge in [-0.1, -0.05) is 28.9 Å². The van der Waals surface area contributed by atoms with Crippen molar-refractivity contribution >= 4 is 21.6 Å². The Morgan fingerprint density at radius 3 is 2.82 bits per heavy atom. The van der Waals surface area contributed by atoms with Gasteiger partial charge in [0.15, 0.2) is 0 Å². The lowest BCUT2D eigenvalue weighted by molar-refractivity contribution is 0.199. The molecule has 0 saturated carbocycles. The summed E-state index contributed by atoms with van der Waals surface area (Å²) in [6.07, 6.45) is 2.72. The van der Waals surface area contributed by atoms with Gasteiger partial charge in [0.1, 0.15) is 0 Å². The van der Waals surface area contributed by atoms with Crippen LogP contribution in [0, 0.1) is 5.92 Å². The Kier molecular flexibility index (Phi) is 4.86. The zero-order valence-electron chi connectivity index (χ0n) is 10.5. The molecule has 2 rings (SSSR count). The topological polar surface area (TPSA) is 15.3 Å². The van der Waals surface area contributed by atoms with Gasteiger partial charge < -0.3 is 10.2 Å². The third-order valence-corrected chi connectivity index (χ3v) is 3.95. The molecule has 1 N–H and O–H groups in total. The summed E-state index contributed by atoms with van der Waals surface area (Å²) >= 11 is 3.49. The lowest BCUT2D eigenvalue weighted by atomic mass is 9.99. The van der Waals surface area contributed by atoms with E-state index in [4.69, 9.17) is 0 Å². The number of hydrogen-bond donors (Lipinski definition) is 1. The van der Waals surface area contributed by atoms with Gasteiger partial charge in [-0.05, 0) is 50.0 Å². The molecule has 0 radical (unpaired) electrons. The van der Waals surface area contributed by atoms with E-state index in [0.717, 1.165) is 23.5 Å². The zero-order chi connectivity index (χ0) is 12.1. The van der Waals surface area contributed by atoms with Crippen LogP contribution in [0.4, 0.5) is 5.69 Å². The minimum absolute atomic E-state index is 0.921. The van der Waals surface area contributed by atoms with Crippen LogP contribution in [0.2, 0.25) is 0 Å². The molecule has 0 aromatic heterocycles. The van der Waals surface area contributed by atoms with Crippen molar-refractivity contribution in [2.24, 2.45) is 5.92 Å². The SMILES string of the molecule is CC1CCN(CCNc2cccc(Br)c2)CC1. The van der Waals surface area contributed by atoms with E-state index in [1.165, 1.54) is 31.6 Å². The number of halogens is 1. The van der Waals surface area contributed by atoms with E-state index in [9.17, 15) is 0 Å². The van der Waals surface area contributed by atoms with Gasteiger partial charge in [-0.15, -0.1) is 0 Å². The predicted octanol–water partition coefficient (Wildman–Crippen LogP) is 3.59. The molecule has 17 heavy (non-hydrogen) atoms. The molecule has 0 unspecified atom stereocenters. The maximum absolute atomic E-state index is 3.49. The molecule has 1 saturated heterocycles. The van der Waals surface area contributed by atoms with E-state index in [0.29, 0.717) is 0 Å². The predicted molar refractivity (Wildman–Crippen MR) is 77.5 cm³/mol. The number of benzene rings is 1. The number of nitrogens with one attached hydrogen (secondary N) is 1. The number of anilines is 1. The van der Waals surface area contributed by atoms with Gasteiger partial charge in [-0.3, -0.25) is 0 Å². The number of hydrogen-bond acceptors (Lipinski definition) is 2.